The summed E-state index contributed by atoms with van der Waals surface area (Å²) in [7, 11) is 1.19. The molecule has 0 aliphatic carbocycles. The molecule has 0 amide bonds. The van der Waals surface area contributed by atoms with Crippen LogP contribution in [-0.4, -0.2) is 38.3 Å². The van der Waals surface area contributed by atoms with Crippen LogP contribution in [0.1, 0.15) is 22.3 Å². The third kappa shape index (κ3) is 3.16. The van der Waals surface area contributed by atoms with Crippen LogP contribution < -0.4 is 9.80 Å². The van der Waals surface area contributed by atoms with E-state index in [9.17, 15) is 22.4 Å². The Morgan fingerprint density at radius 2 is 1.68 bits per heavy atom. The highest BCUT2D eigenvalue weighted by atomic mass is 19.4. The third-order valence-electron chi connectivity index (χ3n) is 5.44. The summed E-state index contributed by atoms with van der Waals surface area (Å²) in [5.74, 6) is -1.38. The Bertz CT molecular complexity index is 915. The fourth-order valence-corrected chi connectivity index (χ4v) is 4.12. The van der Waals surface area contributed by atoms with Crippen molar-refractivity contribution < 1.29 is 27.1 Å². The quantitative estimate of drug-likeness (QED) is 0.580. The Hall–Kier alpha value is -2.77. The van der Waals surface area contributed by atoms with Crippen molar-refractivity contribution in [2.75, 3.05) is 30.0 Å². The maximum atomic E-state index is 14.2. The highest BCUT2D eigenvalue weighted by Crippen LogP contribution is 2.39. The van der Waals surface area contributed by atoms with Crippen molar-refractivity contribution in [3.8, 4) is 0 Å². The number of alkyl halides is 3. The zero-order chi connectivity index (χ0) is 20.1. The number of piperazine rings is 1. The van der Waals surface area contributed by atoms with E-state index in [0.29, 0.717) is 24.5 Å². The monoisotopic (exact) mass is 394 g/mol. The molecule has 2 aromatic rings. The van der Waals surface area contributed by atoms with Gasteiger partial charge < -0.3 is 14.5 Å². The van der Waals surface area contributed by atoms with E-state index < -0.39 is 23.5 Å². The second-order valence-corrected chi connectivity index (χ2v) is 7.05. The van der Waals surface area contributed by atoms with Gasteiger partial charge in [0.05, 0.1) is 18.2 Å². The van der Waals surface area contributed by atoms with Gasteiger partial charge in [0.1, 0.15) is 5.82 Å². The summed E-state index contributed by atoms with van der Waals surface area (Å²) < 4.78 is 57.7. The molecular weight excluding hydrogens is 376 g/mol. The van der Waals surface area contributed by atoms with E-state index in [4.69, 9.17) is 0 Å². The van der Waals surface area contributed by atoms with Gasteiger partial charge in [-0.05, 0) is 42.8 Å². The molecule has 2 unspecified atom stereocenters. The number of hydrogen-bond donors (Lipinski definition) is 0. The second-order valence-electron chi connectivity index (χ2n) is 7.05. The summed E-state index contributed by atoms with van der Waals surface area (Å²) in [5.41, 5.74) is 0.418. The lowest BCUT2D eigenvalue weighted by atomic mass is 10.1. The van der Waals surface area contributed by atoms with Crippen molar-refractivity contribution in [2.24, 2.45) is 0 Å². The van der Waals surface area contributed by atoms with E-state index in [1.165, 1.54) is 31.4 Å². The van der Waals surface area contributed by atoms with Crippen LogP contribution in [0.25, 0.3) is 0 Å². The minimum absolute atomic E-state index is 0.0526. The smallest absolute Gasteiger partial charge is 0.416 e. The molecule has 148 valence electrons. The van der Waals surface area contributed by atoms with Crippen molar-refractivity contribution in [3.05, 3.63) is 59.4 Å². The lowest BCUT2D eigenvalue weighted by Gasteiger charge is -2.37. The molecule has 2 aliphatic rings. The lowest BCUT2D eigenvalue weighted by molar-refractivity contribution is -0.137. The number of halogens is 4. The molecule has 2 atom stereocenters. The van der Waals surface area contributed by atoms with Crippen LogP contribution in [0, 0.1) is 5.82 Å². The number of esters is 1. The molecule has 28 heavy (non-hydrogen) atoms. The minimum atomic E-state index is -4.38. The number of ether oxygens (including phenoxy) is 1. The number of benzene rings is 2. The predicted molar refractivity (Wildman–Crippen MR) is 96.1 cm³/mol. The van der Waals surface area contributed by atoms with E-state index >= 15 is 0 Å². The number of carbonyl (C=O) groups is 1. The van der Waals surface area contributed by atoms with E-state index in [2.05, 4.69) is 4.74 Å². The van der Waals surface area contributed by atoms with Crippen LogP contribution >= 0.6 is 0 Å². The molecule has 0 saturated carbocycles. The molecule has 4 rings (SSSR count). The van der Waals surface area contributed by atoms with Gasteiger partial charge in [-0.15, -0.1) is 0 Å². The van der Waals surface area contributed by atoms with Crippen LogP contribution in [0.4, 0.5) is 28.9 Å². The summed E-state index contributed by atoms with van der Waals surface area (Å²) >= 11 is 0. The van der Waals surface area contributed by atoms with E-state index in [0.717, 1.165) is 12.5 Å². The third-order valence-corrected chi connectivity index (χ3v) is 5.44. The number of rotatable bonds is 3. The normalized spacial score (nSPS) is 21.3. The maximum Gasteiger partial charge on any atom is 0.416 e. The Morgan fingerprint density at radius 3 is 2.21 bits per heavy atom. The highest BCUT2D eigenvalue weighted by Gasteiger charge is 2.44. The number of hydrogen-bond acceptors (Lipinski definition) is 4. The SMILES string of the molecule is COC(=O)c1ccc(N2CC3CC2CN3c2cccc(C(F)(F)F)c2)cc1F. The van der Waals surface area contributed by atoms with Crippen LogP contribution in [0.15, 0.2) is 42.5 Å². The molecule has 4 nitrogen and oxygen atoms in total. The number of carbonyl (C=O) groups excluding carboxylic acids is 1. The molecule has 2 heterocycles. The number of anilines is 2. The molecule has 2 bridgehead atoms. The maximum absolute atomic E-state index is 14.2. The van der Waals surface area contributed by atoms with Crippen molar-refractivity contribution in [1.82, 2.24) is 0 Å². The second kappa shape index (κ2) is 6.68. The fourth-order valence-electron chi connectivity index (χ4n) is 4.12. The average Bonchev–Trinajstić information content (AvgIpc) is 3.27. The fraction of sp³-hybridized carbons (Fsp3) is 0.350. The van der Waals surface area contributed by atoms with Crippen molar-refractivity contribution in [3.63, 3.8) is 0 Å². The van der Waals surface area contributed by atoms with Gasteiger partial charge in [-0.3, -0.25) is 0 Å². The van der Waals surface area contributed by atoms with Crippen molar-refractivity contribution >= 4 is 17.3 Å². The highest BCUT2D eigenvalue weighted by molar-refractivity contribution is 5.90. The van der Waals surface area contributed by atoms with Crippen molar-refractivity contribution in [1.29, 1.82) is 0 Å². The summed E-state index contributed by atoms with van der Waals surface area (Å²) in [6.45, 7) is 1.14. The molecule has 2 aliphatic heterocycles. The van der Waals surface area contributed by atoms with Crippen LogP contribution in [0.5, 0.6) is 0 Å². The summed E-state index contributed by atoms with van der Waals surface area (Å²) in [5, 5.41) is 0. The summed E-state index contributed by atoms with van der Waals surface area (Å²) in [4.78, 5) is 15.6. The first-order valence-corrected chi connectivity index (χ1v) is 8.86. The average molecular weight is 394 g/mol. The Morgan fingerprint density at radius 1 is 1.04 bits per heavy atom. The number of methoxy groups -OCH3 is 1. The van der Waals surface area contributed by atoms with Gasteiger partial charge in [-0.2, -0.15) is 13.2 Å². The van der Waals surface area contributed by atoms with Crippen molar-refractivity contribution in [2.45, 2.75) is 24.7 Å². The van der Waals surface area contributed by atoms with Gasteiger partial charge >= 0.3 is 12.1 Å². The van der Waals surface area contributed by atoms with Gasteiger partial charge in [0.2, 0.25) is 0 Å². The van der Waals surface area contributed by atoms with Crippen LogP contribution in [0.3, 0.4) is 0 Å². The molecule has 2 fully saturated rings. The van der Waals surface area contributed by atoms with E-state index in [1.807, 2.05) is 9.80 Å². The zero-order valence-electron chi connectivity index (χ0n) is 15.0. The molecule has 0 radical (unpaired) electrons. The predicted octanol–water partition coefficient (Wildman–Crippen LogP) is 4.10. The molecule has 0 spiro atoms. The molecule has 2 aromatic carbocycles. The summed E-state index contributed by atoms with van der Waals surface area (Å²) in [6.07, 6.45) is -3.59. The molecule has 2 saturated heterocycles. The van der Waals surface area contributed by atoms with Gasteiger partial charge in [0, 0.05) is 36.5 Å². The Balaban J connectivity index is 1.52. The largest absolute Gasteiger partial charge is 0.465 e. The molecule has 8 heteroatoms. The number of fused-ring (bicyclic) bond motifs is 2. The van der Waals surface area contributed by atoms with Gasteiger partial charge in [-0.1, -0.05) is 6.07 Å². The number of nitrogens with zero attached hydrogens (tertiary/aromatic N) is 2. The molecule has 0 aromatic heterocycles. The molecule has 0 N–H and O–H groups in total. The molecular formula is C20H18F4N2O2. The van der Waals surface area contributed by atoms with Gasteiger partial charge in [0.25, 0.3) is 0 Å². The zero-order valence-corrected chi connectivity index (χ0v) is 15.0. The first-order valence-electron chi connectivity index (χ1n) is 8.86. The Kier molecular flexibility index (Phi) is 4.44. The lowest BCUT2D eigenvalue weighted by Crippen LogP contribution is -2.46. The Labute approximate surface area is 159 Å². The first kappa shape index (κ1) is 18.6. The minimum Gasteiger partial charge on any atom is -0.465 e. The van der Waals surface area contributed by atoms with E-state index in [1.54, 1.807) is 12.1 Å². The topological polar surface area (TPSA) is 32.8 Å². The van der Waals surface area contributed by atoms with Gasteiger partial charge in [0.15, 0.2) is 0 Å². The van der Waals surface area contributed by atoms with E-state index in [-0.39, 0.29) is 17.6 Å². The van der Waals surface area contributed by atoms with Gasteiger partial charge in [-0.25, -0.2) is 9.18 Å². The van der Waals surface area contributed by atoms with Crippen LogP contribution in [0.2, 0.25) is 0 Å². The van der Waals surface area contributed by atoms with Crippen LogP contribution in [-0.2, 0) is 10.9 Å². The standard InChI is InChI=1S/C20H18F4N2O2/c1-28-19(27)17-6-5-14(9-18(17)21)26-11-15-8-16(26)10-25(15)13-4-2-3-12(7-13)20(22,23)24/h2-7,9,15-16H,8,10-11H2,1H3. The summed E-state index contributed by atoms with van der Waals surface area (Å²) in [6, 6.07) is 9.85. The first-order chi connectivity index (χ1) is 13.3.